The van der Waals surface area contributed by atoms with Crippen LogP contribution in [0, 0.1) is 0 Å². The number of anilines is 2. The van der Waals surface area contributed by atoms with Crippen LogP contribution in [0.2, 0.25) is 0 Å². The summed E-state index contributed by atoms with van der Waals surface area (Å²) in [5.41, 5.74) is 7.74. The number of nitrogens with two attached hydrogens (primary N) is 1. The number of amides is 1. The van der Waals surface area contributed by atoms with E-state index in [4.69, 9.17) is 15.2 Å². The molecule has 2 aromatic rings. The van der Waals surface area contributed by atoms with E-state index in [-0.39, 0.29) is 12.7 Å². The third-order valence-corrected chi connectivity index (χ3v) is 3.39. The van der Waals surface area contributed by atoms with Crippen LogP contribution in [0.4, 0.5) is 11.4 Å². The fourth-order valence-electron chi connectivity index (χ4n) is 2.28. The predicted octanol–water partition coefficient (Wildman–Crippen LogP) is 2.66. The maximum absolute atomic E-state index is 12.7. The zero-order valence-electron chi connectivity index (χ0n) is 11.7. The summed E-state index contributed by atoms with van der Waals surface area (Å²) in [6.07, 6.45) is 0. The number of carbonyl (C=O) groups is 1. The molecule has 1 heterocycles. The van der Waals surface area contributed by atoms with E-state index in [2.05, 4.69) is 0 Å². The smallest absolute Gasteiger partial charge is 0.258 e. The molecule has 0 atom stereocenters. The highest BCUT2D eigenvalue weighted by Crippen LogP contribution is 2.33. The van der Waals surface area contributed by atoms with Gasteiger partial charge in [-0.05, 0) is 49.4 Å². The van der Waals surface area contributed by atoms with Crippen molar-refractivity contribution < 1.29 is 14.3 Å². The molecular formula is C16H16N2O3. The Balaban J connectivity index is 1.90. The molecule has 2 N–H and O–H groups in total. The largest absolute Gasteiger partial charge is 0.454 e. The fraction of sp³-hybridized carbons (Fsp3) is 0.188. The average Bonchev–Trinajstić information content (AvgIpc) is 2.97. The molecule has 1 aliphatic heterocycles. The molecule has 3 rings (SSSR count). The summed E-state index contributed by atoms with van der Waals surface area (Å²) in [5, 5.41) is 0. The van der Waals surface area contributed by atoms with Crippen LogP contribution >= 0.6 is 0 Å². The third kappa shape index (κ3) is 2.50. The number of fused-ring (bicyclic) bond motifs is 1. The van der Waals surface area contributed by atoms with Crippen molar-refractivity contribution in [3.8, 4) is 11.5 Å². The standard InChI is InChI=1S/C16H16N2O3/c1-2-18(13-6-4-12(17)5-7-13)16(19)11-3-8-14-15(9-11)21-10-20-14/h3-9H,2,10,17H2,1H3. The molecular weight excluding hydrogens is 268 g/mol. The minimum atomic E-state index is -0.0828. The van der Waals surface area contributed by atoms with Crippen LogP contribution in [-0.2, 0) is 0 Å². The van der Waals surface area contributed by atoms with Gasteiger partial charge in [-0.15, -0.1) is 0 Å². The zero-order chi connectivity index (χ0) is 14.8. The van der Waals surface area contributed by atoms with E-state index in [1.165, 1.54) is 0 Å². The fourth-order valence-corrected chi connectivity index (χ4v) is 2.28. The molecule has 21 heavy (non-hydrogen) atoms. The molecule has 0 spiro atoms. The van der Waals surface area contributed by atoms with Crippen molar-refractivity contribution in [1.82, 2.24) is 0 Å². The Morgan fingerprint density at radius 3 is 2.57 bits per heavy atom. The molecule has 0 aliphatic carbocycles. The highest BCUT2D eigenvalue weighted by atomic mass is 16.7. The van der Waals surface area contributed by atoms with Crippen molar-refractivity contribution in [3.05, 3.63) is 48.0 Å². The summed E-state index contributed by atoms with van der Waals surface area (Å²) in [4.78, 5) is 14.4. The van der Waals surface area contributed by atoms with Gasteiger partial charge in [0, 0.05) is 23.5 Å². The van der Waals surface area contributed by atoms with Crippen molar-refractivity contribution in [2.24, 2.45) is 0 Å². The normalized spacial score (nSPS) is 12.2. The Hall–Kier alpha value is -2.69. The lowest BCUT2D eigenvalue weighted by Crippen LogP contribution is -2.30. The first-order chi connectivity index (χ1) is 10.2. The minimum Gasteiger partial charge on any atom is -0.454 e. The van der Waals surface area contributed by atoms with Crippen LogP contribution in [0.3, 0.4) is 0 Å². The molecule has 0 bridgehead atoms. The molecule has 1 amide bonds. The molecule has 5 heteroatoms. The first-order valence-electron chi connectivity index (χ1n) is 6.76. The van der Waals surface area contributed by atoms with Gasteiger partial charge in [-0.2, -0.15) is 0 Å². The lowest BCUT2D eigenvalue weighted by atomic mass is 10.1. The summed E-state index contributed by atoms with van der Waals surface area (Å²) in [7, 11) is 0. The number of benzene rings is 2. The lowest BCUT2D eigenvalue weighted by molar-refractivity contribution is 0.0988. The number of hydrogen-bond acceptors (Lipinski definition) is 4. The molecule has 0 unspecified atom stereocenters. The minimum absolute atomic E-state index is 0.0828. The molecule has 1 aliphatic rings. The van der Waals surface area contributed by atoms with E-state index in [9.17, 15) is 4.79 Å². The predicted molar refractivity (Wildman–Crippen MR) is 80.8 cm³/mol. The number of hydrogen-bond donors (Lipinski definition) is 1. The van der Waals surface area contributed by atoms with E-state index in [0.29, 0.717) is 29.3 Å². The number of rotatable bonds is 3. The summed E-state index contributed by atoms with van der Waals surface area (Å²) >= 11 is 0. The second-order valence-electron chi connectivity index (χ2n) is 4.71. The van der Waals surface area contributed by atoms with Crippen LogP contribution in [-0.4, -0.2) is 19.2 Å². The van der Waals surface area contributed by atoms with Gasteiger partial charge in [-0.3, -0.25) is 4.79 Å². The second kappa shape index (κ2) is 5.36. The van der Waals surface area contributed by atoms with Gasteiger partial charge in [0.05, 0.1) is 0 Å². The van der Waals surface area contributed by atoms with Gasteiger partial charge >= 0.3 is 0 Å². The van der Waals surface area contributed by atoms with Gasteiger partial charge in [0.2, 0.25) is 6.79 Å². The molecule has 0 fully saturated rings. The number of ether oxygens (including phenoxy) is 2. The Morgan fingerprint density at radius 1 is 1.14 bits per heavy atom. The molecule has 108 valence electrons. The number of nitrogens with zero attached hydrogens (tertiary/aromatic N) is 1. The maximum atomic E-state index is 12.7. The quantitative estimate of drug-likeness (QED) is 0.880. The topological polar surface area (TPSA) is 64.8 Å². The van der Waals surface area contributed by atoms with Gasteiger partial charge in [0.25, 0.3) is 5.91 Å². The van der Waals surface area contributed by atoms with Gasteiger partial charge in [0.1, 0.15) is 0 Å². The van der Waals surface area contributed by atoms with E-state index < -0.39 is 0 Å². The Bertz CT molecular complexity index is 668. The number of nitrogen functional groups attached to an aromatic ring is 1. The molecule has 0 saturated carbocycles. The van der Waals surface area contributed by atoms with Gasteiger partial charge in [0.15, 0.2) is 11.5 Å². The Labute approximate surface area is 122 Å². The van der Waals surface area contributed by atoms with Crippen molar-refractivity contribution in [2.75, 3.05) is 24.0 Å². The summed E-state index contributed by atoms with van der Waals surface area (Å²) in [6.45, 7) is 2.70. The number of carbonyl (C=O) groups excluding carboxylic acids is 1. The van der Waals surface area contributed by atoms with Crippen LogP contribution < -0.4 is 20.1 Å². The van der Waals surface area contributed by atoms with E-state index >= 15 is 0 Å². The highest BCUT2D eigenvalue weighted by Gasteiger charge is 2.20. The lowest BCUT2D eigenvalue weighted by Gasteiger charge is -2.21. The first-order valence-corrected chi connectivity index (χ1v) is 6.76. The Morgan fingerprint density at radius 2 is 1.86 bits per heavy atom. The highest BCUT2D eigenvalue weighted by molar-refractivity contribution is 6.06. The zero-order valence-corrected chi connectivity index (χ0v) is 11.7. The van der Waals surface area contributed by atoms with Crippen molar-refractivity contribution in [2.45, 2.75) is 6.92 Å². The van der Waals surface area contributed by atoms with Gasteiger partial charge in [-0.1, -0.05) is 0 Å². The average molecular weight is 284 g/mol. The van der Waals surface area contributed by atoms with E-state index in [0.717, 1.165) is 5.69 Å². The third-order valence-electron chi connectivity index (χ3n) is 3.39. The van der Waals surface area contributed by atoms with E-state index in [1.54, 1.807) is 35.2 Å². The maximum Gasteiger partial charge on any atom is 0.258 e. The molecule has 2 aromatic carbocycles. The molecule has 0 aromatic heterocycles. The van der Waals surface area contributed by atoms with Gasteiger partial charge < -0.3 is 20.1 Å². The molecule has 0 radical (unpaired) electrons. The first kappa shape index (κ1) is 13.3. The van der Waals surface area contributed by atoms with Crippen molar-refractivity contribution in [1.29, 1.82) is 0 Å². The summed E-state index contributed by atoms with van der Waals surface area (Å²) in [6, 6.07) is 12.5. The summed E-state index contributed by atoms with van der Waals surface area (Å²) < 4.78 is 10.6. The summed E-state index contributed by atoms with van der Waals surface area (Å²) in [5.74, 6) is 1.19. The van der Waals surface area contributed by atoms with E-state index in [1.807, 2.05) is 19.1 Å². The van der Waals surface area contributed by atoms with Crippen LogP contribution in [0.1, 0.15) is 17.3 Å². The monoisotopic (exact) mass is 284 g/mol. The molecule has 5 nitrogen and oxygen atoms in total. The van der Waals surface area contributed by atoms with Crippen LogP contribution in [0.5, 0.6) is 11.5 Å². The SMILES string of the molecule is CCN(C(=O)c1ccc2c(c1)OCO2)c1ccc(N)cc1. The Kier molecular flexibility index (Phi) is 3.39. The van der Waals surface area contributed by atoms with Gasteiger partial charge in [-0.25, -0.2) is 0 Å². The van der Waals surface area contributed by atoms with Crippen molar-refractivity contribution >= 4 is 17.3 Å². The van der Waals surface area contributed by atoms with Crippen molar-refractivity contribution in [3.63, 3.8) is 0 Å². The van der Waals surface area contributed by atoms with Crippen LogP contribution in [0.15, 0.2) is 42.5 Å². The van der Waals surface area contributed by atoms with Crippen LogP contribution in [0.25, 0.3) is 0 Å². The molecule has 0 saturated heterocycles. The second-order valence-corrected chi connectivity index (χ2v) is 4.71.